The fourth-order valence-electron chi connectivity index (χ4n) is 4.06. The molecule has 1 aliphatic heterocycles. The van der Waals surface area contributed by atoms with Crippen molar-refractivity contribution in [3.63, 3.8) is 0 Å². The third kappa shape index (κ3) is 7.33. The molecule has 5 heteroatoms. The first-order valence-electron chi connectivity index (χ1n) is 11.9. The molecule has 2 aromatic carbocycles. The molecule has 1 heterocycles. The van der Waals surface area contributed by atoms with Gasteiger partial charge in [-0.15, -0.1) is 0 Å². The number of nitrogens with one attached hydrogen (secondary N) is 1. The zero-order valence-corrected chi connectivity index (χ0v) is 20.7. The van der Waals surface area contributed by atoms with Gasteiger partial charge in [-0.2, -0.15) is 5.26 Å². The van der Waals surface area contributed by atoms with Gasteiger partial charge < -0.3 is 15.0 Å². The van der Waals surface area contributed by atoms with Gasteiger partial charge in [0.25, 0.3) is 5.91 Å². The van der Waals surface area contributed by atoms with Crippen LogP contribution in [-0.4, -0.2) is 36.7 Å². The summed E-state index contributed by atoms with van der Waals surface area (Å²) in [4.78, 5) is 15.2. The number of fused-ring (bicyclic) bond motifs is 1. The average molecular weight is 448 g/mol. The second kappa shape index (κ2) is 10.4. The summed E-state index contributed by atoms with van der Waals surface area (Å²) in [6.07, 6.45) is 6.14. The molecule has 0 spiro atoms. The fourth-order valence-corrected chi connectivity index (χ4v) is 4.06. The van der Waals surface area contributed by atoms with Crippen molar-refractivity contribution < 1.29 is 9.53 Å². The Kier molecular flexibility index (Phi) is 7.81. The number of hydrogen-bond acceptors (Lipinski definition) is 4. The number of ether oxygens (including phenoxy) is 1. The van der Waals surface area contributed by atoms with E-state index in [9.17, 15) is 10.1 Å². The van der Waals surface area contributed by atoms with E-state index >= 15 is 0 Å². The third-order valence-electron chi connectivity index (χ3n) is 5.96. The van der Waals surface area contributed by atoms with Crippen molar-refractivity contribution in [3.05, 3.63) is 47.5 Å². The maximum atomic E-state index is 12.8. The van der Waals surface area contributed by atoms with E-state index in [0.29, 0.717) is 13.0 Å². The van der Waals surface area contributed by atoms with Gasteiger partial charge in [-0.25, -0.2) is 0 Å². The lowest BCUT2D eigenvalue weighted by molar-refractivity contribution is -0.118. The zero-order valence-electron chi connectivity index (χ0n) is 20.7. The molecule has 1 N–H and O–H groups in total. The normalized spacial score (nSPS) is 15.4. The molecule has 0 atom stereocenters. The Morgan fingerprint density at radius 2 is 1.73 bits per heavy atom. The van der Waals surface area contributed by atoms with Crippen molar-refractivity contribution >= 4 is 28.4 Å². The van der Waals surface area contributed by atoms with Gasteiger partial charge in [0.1, 0.15) is 11.6 Å². The third-order valence-corrected chi connectivity index (χ3v) is 5.96. The van der Waals surface area contributed by atoms with Crippen LogP contribution in [0.3, 0.4) is 0 Å². The molecule has 1 saturated heterocycles. The summed E-state index contributed by atoms with van der Waals surface area (Å²) in [5.74, 6) is -0.362. The number of nitrogens with zero attached hydrogens (tertiary/aromatic N) is 2. The lowest BCUT2D eigenvalue weighted by Gasteiger charge is -2.29. The molecule has 1 amide bonds. The van der Waals surface area contributed by atoms with E-state index in [4.69, 9.17) is 4.74 Å². The predicted octanol–water partition coefficient (Wildman–Crippen LogP) is 5.84. The number of benzene rings is 2. The van der Waals surface area contributed by atoms with Crippen LogP contribution in [0.4, 0.5) is 5.69 Å². The Morgan fingerprint density at radius 1 is 1.06 bits per heavy atom. The van der Waals surface area contributed by atoms with Crippen molar-refractivity contribution in [1.29, 1.82) is 5.26 Å². The molecule has 3 rings (SSSR count). The minimum absolute atomic E-state index is 0.101. The van der Waals surface area contributed by atoms with Crippen molar-refractivity contribution in [1.82, 2.24) is 5.32 Å². The Bertz CT molecular complexity index is 1050. The summed E-state index contributed by atoms with van der Waals surface area (Å²) in [5.41, 5.74) is 1.51. The number of anilines is 1. The Hall–Kier alpha value is -2.84. The molecule has 0 bridgehead atoms. The lowest BCUT2D eigenvalue weighted by atomic mass is 9.99. The summed E-state index contributed by atoms with van der Waals surface area (Å²) in [6, 6.07) is 14.7. The molecule has 1 fully saturated rings. The Morgan fingerprint density at radius 3 is 2.39 bits per heavy atom. The zero-order chi connectivity index (χ0) is 24.1. The number of carbonyl (C=O) groups excluding carboxylic acids is 1. The lowest BCUT2D eigenvalue weighted by Crippen LogP contribution is -2.45. The summed E-state index contributed by atoms with van der Waals surface area (Å²) >= 11 is 0. The number of amides is 1. The maximum absolute atomic E-state index is 12.8. The number of nitriles is 1. The molecular weight excluding hydrogens is 410 g/mol. The number of rotatable bonds is 7. The first-order chi connectivity index (χ1) is 15.6. The fraction of sp³-hybridized carbons (Fsp3) is 0.500. The molecular formula is C28H37N3O2. The van der Waals surface area contributed by atoms with E-state index in [2.05, 4.69) is 40.6 Å². The number of piperidine rings is 1. The van der Waals surface area contributed by atoms with Crippen LogP contribution in [0.25, 0.3) is 16.8 Å². The molecule has 1 aliphatic rings. The van der Waals surface area contributed by atoms with E-state index in [0.717, 1.165) is 29.4 Å². The van der Waals surface area contributed by atoms with Crippen molar-refractivity contribution in [2.24, 2.45) is 0 Å². The minimum Gasteiger partial charge on any atom is -0.376 e. The summed E-state index contributed by atoms with van der Waals surface area (Å²) in [7, 11) is 0. The van der Waals surface area contributed by atoms with Crippen LogP contribution >= 0.6 is 0 Å². The molecule has 2 aromatic rings. The number of hydrogen-bond donors (Lipinski definition) is 1. The highest BCUT2D eigenvalue weighted by atomic mass is 16.5. The highest BCUT2D eigenvalue weighted by Gasteiger charge is 2.23. The standard InChI is InChI=1S/C28H37N3O2/c1-27(2,3)33-16-13-28(4,5)30-26(32)24(20-29)18-21-9-10-23-19-25(12-11-22(23)17-21)31-14-7-6-8-15-31/h9-12,17-19H,6-8,13-16H2,1-5H3,(H,30,32). The van der Waals surface area contributed by atoms with Gasteiger partial charge in [0.2, 0.25) is 0 Å². The summed E-state index contributed by atoms with van der Waals surface area (Å²) in [5, 5.41) is 14.9. The number of carbonyl (C=O) groups is 1. The van der Waals surface area contributed by atoms with Gasteiger partial charge in [0.15, 0.2) is 0 Å². The SMILES string of the molecule is CC(C)(CCOC(C)(C)C)NC(=O)C(C#N)=Cc1ccc2cc(N3CCCCC3)ccc2c1. The van der Waals surface area contributed by atoms with Gasteiger partial charge in [-0.3, -0.25) is 4.79 Å². The smallest absolute Gasteiger partial charge is 0.262 e. The van der Waals surface area contributed by atoms with Gasteiger partial charge in [0, 0.05) is 30.9 Å². The van der Waals surface area contributed by atoms with Gasteiger partial charge in [-0.05, 0) is 101 Å². The minimum atomic E-state index is -0.480. The van der Waals surface area contributed by atoms with Gasteiger partial charge in [0.05, 0.1) is 5.60 Å². The molecule has 176 valence electrons. The maximum Gasteiger partial charge on any atom is 0.262 e. The van der Waals surface area contributed by atoms with Gasteiger partial charge >= 0.3 is 0 Å². The second-order valence-corrected chi connectivity index (χ2v) is 10.6. The van der Waals surface area contributed by atoms with Crippen LogP contribution in [-0.2, 0) is 9.53 Å². The van der Waals surface area contributed by atoms with Crippen LogP contribution in [0, 0.1) is 11.3 Å². The Labute approximate surface area is 198 Å². The Balaban J connectivity index is 1.70. The molecule has 0 saturated carbocycles. The van der Waals surface area contributed by atoms with Crippen molar-refractivity contribution in [2.75, 3.05) is 24.6 Å². The molecule has 0 unspecified atom stereocenters. The molecule has 0 aromatic heterocycles. The quantitative estimate of drug-likeness (QED) is 0.428. The van der Waals surface area contributed by atoms with Gasteiger partial charge in [-0.1, -0.05) is 18.2 Å². The molecule has 0 aliphatic carbocycles. The van der Waals surface area contributed by atoms with E-state index in [-0.39, 0.29) is 17.1 Å². The molecule has 33 heavy (non-hydrogen) atoms. The van der Waals surface area contributed by atoms with E-state index in [1.165, 1.54) is 24.9 Å². The van der Waals surface area contributed by atoms with Crippen LogP contribution in [0.2, 0.25) is 0 Å². The average Bonchev–Trinajstić information content (AvgIpc) is 2.76. The van der Waals surface area contributed by atoms with E-state index in [1.54, 1.807) is 6.08 Å². The van der Waals surface area contributed by atoms with Crippen LogP contribution < -0.4 is 10.2 Å². The summed E-state index contributed by atoms with van der Waals surface area (Å²) < 4.78 is 5.78. The second-order valence-electron chi connectivity index (χ2n) is 10.6. The highest BCUT2D eigenvalue weighted by Crippen LogP contribution is 2.26. The van der Waals surface area contributed by atoms with Crippen molar-refractivity contribution in [3.8, 4) is 6.07 Å². The first-order valence-corrected chi connectivity index (χ1v) is 11.9. The summed E-state index contributed by atoms with van der Waals surface area (Å²) in [6.45, 7) is 12.7. The van der Waals surface area contributed by atoms with E-state index in [1.807, 2.05) is 46.8 Å². The predicted molar refractivity (Wildman–Crippen MR) is 136 cm³/mol. The topological polar surface area (TPSA) is 65.4 Å². The van der Waals surface area contributed by atoms with Crippen molar-refractivity contribution in [2.45, 2.75) is 71.4 Å². The van der Waals surface area contributed by atoms with Crippen LogP contribution in [0.5, 0.6) is 0 Å². The largest absolute Gasteiger partial charge is 0.376 e. The monoisotopic (exact) mass is 447 g/mol. The highest BCUT2D eigenvalue weighted by molar-refractivity contribution is 6.02. The van der Waals surface area contributed by atoms with E-state index < -0.39 is 5.54 Å². The van der Waals surface area contributed by atoms with Crippen LogP contribution in [0.1, 0.15) is 65.9 Å². The molecule has 5 nitrogen and oxygen atoms in total. The first kappa shape index (κ1) is 24.8. The van der Waals surface area contributed by atoms with Crippen LogP contribution in [0.15, 0.2) is 42.0 Å². The molecule has 0 radical (unpaired) electrons.